The molecule has 0 spiro atoms. The van der Waals surface area contributed by atoms with Gasteiger partial charge in [-0.1, -0.05) is 0 Å². The van der Waals surface area contributed by atoms with E-state index < -0.39 is 5.41 Å². The molecule has 0 aliphatic rings. The number of rotatable bonds is 10. The summed E-state index contributed by atoms with van der Waals surface area (Å²) in [5, 5.41) is 9.30. The summed E-state index contributed by atoms with van der Waals surface area (Å²) in [5.74, 6) is 0.779. The van der Waals surface area contributed by atoms with Crippen molar-refractivity contribution in [3.63, 3.8) is 0 Å². The Hall–Kier alpha value is -0.570. The second-order valence-electron chi connectivity index (χ2n) is 7.36. The van der Waals surface area contributed by atoms with E-state index in [4.69, 9.17) is 0 Å². The molecule has 3 N–H and O–H groups in total. The van der Waals surface area contributed by atoms with Crippen molar-refractivity contribution in [2.75, 3.05) is 33.2 Å². The molecule has 0 saturated heterocycles. The monoisotopic (exact) mass is 469 g/mol. The van der Waals surface area contributed by atoms with Crippen LogP contribution < -0.4 is 16.0 Å². The molecule has 0 atom stereocenters. The van der Waals surface area contributed by atoms with E-state index in [1.54, 1.807) is 7.05 Å². The number of halogens is 1. The van der Waals surface area contributed by atoms with Crippen LogP contribution in [0.3, 0.4) is 0 Å². The standard InChI is InChI=1S/C18H39N5O.HI/c1-9-20-17(22-13-18(6,7)16(24)19-8)21-11-10-12-23(14(2)3)15(4)5;/h14-15H,9-13H2,1-8H3,(H,19,24)(H2,20,21,22);1H. The van der Waals surface area contributed by atoms with Crippen LogP contribution >= 0.6 is 24.0 Å². The van der Waals surface area contributed by atoms with Crippen LogP contribution in [-0.2, 0) is 4.79 Å². The molecule has 0 rings (SSSR count). The number of guanidine groups is 1. The van der Waals surface area contributed by atoms with E-state index >= 15 is 0 Å². The lowest BCUT2D eigenvalue weighted by molar-refractivity contribution is -0.128. The highest BCUT2D eigenvalue weighted by molar-refractivity contribution is 14.0. The van der Waals surface area contributed by atoms with E-state index in [9.17, 15) is 4.79 Å². The van der Waals surface area contributed by atoms with Crippen molar-refractivity contribution in [2.45, 2.75) is 67.0 Å². The van der Waals surface area contributed by atoms with Crippen LogP contribution in [0.4, 0.5) is 0 Å². The summed E-state index contributed by atoms with van der Waals surface area (Å²) in [4.78, 5) is 18.9. The predicted octanol–water partition coefficient (Wildman–Crippen LogP) is 2.44. The third-order valence-electron chi connectivity index (χ3n) is 4.03. The van der Waals surface area contributed by atoms with Gasteiger partial charge in [0, 0.05) is 38.8 Å². The summed E-state index contributed by atoms with van der Waals surface area (Å²) in [6.07, 6.45) is 1.06. The van der Waals surface area contributed by atoms with Gasteiger partial charge in [-0.3, -0.25) is 14.7 Å². The van der Waals surface area contributed by atoms with Crippen molar-refractivity contribution in [3.8, 4) is 0 Å². The lowest BCUT2D eigenvalue weighted by Gasteiger charge is -2.30. The van der Waals surface area contributed by atoms with Crippen molar-refractivity contribution in [1.82, 2.24) is 20.9 Å². The predicted molar refractivity (Wildman–Crippen MR) is 119 cm³/mol. The Kier molecular flexibility index (Phi) is 14.5. The molecule has 0 aromatic carbocycles. The van der Waals surface area contributed by atoms with Gasteiger partial charge >= 0.3 is 0 Å². The van der Waals surface area contributed by atoms with Crippen LogP contribution in [0.25, 0.3) is 0 Å². The quantitative estimate of drug-likeness (QED) is 0.199. The molecule has 0 aromatic rings. The average molecular weight is 469 g/mol. The maximum Gasteiger partial charge on any atom is 0.227 e. The molecule has 0 fully saturated rings. The van der Waals surface area contributed by atoms with Crippen LogP contribution in [0, 0.1) is 5.41 Å². The van der Waals surface area contributed by atoms with Crippen molar-refractivity contribution >= 4 is 35.8 Å². The summed E-state index contributed by atoms with van der Waals surface area (Å²) >= 11 is 0. The van der Waals surface area contributed by atoms with Gasteiger partial charge in [0.2, 0.25) is 5.91 Å². The molecule has 6 nitrogen and oxygen atoms in total. The maximum atomic E-state index is 11.8. The third-order valence-corrected chi connectivity index (χ3v) is 4.03. The zero-order valence-electron chi connectivity index (χ0n) is 17.4. The molecule has 25 heavy (non-hydrogen) atoms. The summed E-state index contributed by atoms with van der Waals surface area (Å²) in [7, 11) is 1.66. The second-order valence-corrected chi connectivity index (χ2v) is 7.36. The van der Waals surface area contributed by atoms with Gasteiger partial charge in [-0.15, -0.1) is 24.0 Å². The van der Waals surface area contributed by atoms with Crippen molar-refractivity contribution in [3.05, 3.63) is 0 Å². The fourth-order valence-electron chi connectivity index (χ4n) is 2.61. The largest absolute Gasteiger partial charge is 0.359 e. The highest BCUT2D eigenvalue weighted by Crippen LogP contribution is 2.15. The van der Waals surface area contributed by atoms with Crippen LogP contribution in [0.15, 0.2) is 4.99 Å². The van der Waals surface area contributed by atoms with Crippen molar-refractivity contribution in [1.29, 1.82) is 0 Å². The molecule has 7 heteroatoms. The molecule has 0 bridgehead atoms. The third kappa shape index (κ3) is 10.9. The zero-order chi connectivity index (χ0) is 18.8. The number of hydrogen-bond donors (Lipinski definition) is 3. The molecule has 0 aromatic heterocycles. The molecule has 0 aliphatic carbocycles. The molecular weight excluding hydrogens is 429 g/mol. The second kappa shape index (κ2) is 13.6. The van der Waals surface area contributed by atoms with Gasteiger partial charge < -0.3 is 16.0 Å². The average Bonchev–Trinajstić information content (AvgIpc) is 2.50. The van der Waals surface area contributed by atoms with Gasteiger partial charge in [-0.2, -0.15) is 0 Å². The number of nitrogens with one attached hydrogen (secondary N) is 3. The summed E-state index contributed by atoms with van der Waals surface area (Å²) in [6.45, 7) is 18.0. The summed E-state index contributed by atoms with van der Waals surface area (Å²) < 4.78 is 0. The minimum Gasteiger partial charge on any atom is -0.359 e. The Balaban J connectivity index is 0. The first kappa shape index (κ1) is 26.7. The van der Waals surface area contributed by atoms with Crippen molar-refractivity contribution < 1.29 is 4.79 Å². The number of nitrogens with zero attached hydrogens (tertiary/aromatic N) is 2. The Bertz CT molecular complexity index is 389. The fourth-order valence-corrected chi connectivity index (χ4v) is 2.61. The maximum absolute atomic E-state index is 11.8. The summed E-state index contributed by atoms with van der Waals surface area (Å²) in [5.41, 5.74) is -0.511. The number of hydrogen-bond acceptors (Lipinski definition) is 3. The lowest BCUT2D eigenvalue weighted by atomic mass is 9.93. The fraction of sp³-hybridized carbons (Fsp3) is 0.889. The van der Waals surface area contributed by atoms with E-state index in [1.165, 1.54) is 0 Å². The van der Waals surface area contributed by atoms with E-state index in [1.807, 2.05) is 20.8 Å². The topological polar surface area (TPSA) is 68.8 Å². The minimum atomic E-state index is -0.511. The highest BCUT2D eigenvalue weighted by atomic mass is 127. The van der Waals surface area contributed by atoms with Gasteiger partial charge in [-0.25, -0.2) is 0 Å². The molecule has 0 saturated carbocycles. The van der Waals surface area contributed by atoms with E-state index in [2.05, 4.69) is 53.5 Å². The number of carbonyl (C=O) groups is 1. The molecule has 150 valence electrons. The van der Waals surface area contributed by atoms with Crippen LogP contribution in [0.2, 0.25) is 0 Å². The Labute approximate surface area is 172 Å². The van der Waals surface area contributed by atoms with Gasteiger partial charge in [-0.05, 0) is 54.9 Å². The SMILES string of the molecule is CCNC(=NCC(C)(C)C(=O)NC)NCCCN(C(C)C)C(C)C.I. The van der Waals surface area contributed by atoms with Gasteiger partial charge in [0.1, 0.15) is 0 Å². The lowest BCUT2D eigenvalue weighted by Crippen LogP contribution is -2.42. The van der Waals surface area contributed by atoms with Crippen LogP contribution in [0.5, 0.6) is 0 Å². The van der Waals surface area contributed by atoms with E-state index in [0.717, 1.165) is 32.0 Å². The smallest absolute Gasteiger partial charge is 0.227 e. The van der Waals surface area contributed by atoms with Crippen LogP contribution in [0.1, 0.15) is 54.9 Å². The van der Waals surface area contributed by atoms with Gasteiger partial charge in [0.25, 0.3) is 0 Å². The number of carbonyl (C=O) groups excluding carboxylic acids is 1. The number of amides is 1. The Morgan fingerprint density at radius 3 is 2.12 bits per heavy atom. The minimum absolute atomic E-state index is 0. The summed E-state index contributed by atoms with van der Waals surface area (Å²) in [6, 6.07) is 1.11. The molecule has 1 amide bonds. The first-order valence-corrected chi connectivity index (χ1v) is 9.15. The van der Waals surface area contributed by atoms with E-state index in [-0.39, 0.29) is 29.9 Å². The van der Waals surface area contributed by atoms with E-state index in [0.29, 0.717) is 18.6 Å². The van der Waals surface area contributed by atoms with Crippen molar-refractivity contribution in [2.24, 2.45) is 10.4 Å². The normalized spacial score (nSPS) is 12.4. The zero-order valence-corrected chi connectivity index (χ0v) is 19.7. The molecular formula is C18H40IN5O. The van der Waals surface area contributed by atoms with Crippen LogP contribution in [-0.4, -0.2) is 62.1 Å². The Morgan fingerprint density at radius 2 is 1.68 bits per heavy atom. The molecule has 0 radical (unpaired) electrons. The van der Waals surface area contributed by atoms with Gasteiger partial charge in [0.05, 0.1) is 12.0 Å². The number of aliphatic imine (C=N–C) groups is 1. The van der Waals surface area contributed by atoms with Gasteiger partial charge in [0.15, 0.2) is 5.96 Å². The molecule has 0 heterocycles. The first-order valence-electron chi connectivity index (χ1n) is 9.15. The first-order chi connectivity index (χ1) is 11.2. The Morgan fingerprint density at radius 1 is 1.12 bits per heavy atom. The molecule has 0 unspecified atom stereocenters. The molecule has 0 aliphatic heterocycles. The highest BCUT2D eigenvalue weighted by Gasteiger charge is 2.26.